The predicted molar refractivity (Wildman–Crippen MR) is 113 cm³/mol. The first kappa shape index (κ1) is 19.9. The largest absolute Gasteiger partial charge is 0.496 e. The fourth-order valence-corrected chi connectivity index (χ4v) is 3.50. The van der Waals surface area contributed by atoms with Crippen LogP contribution in [-0.2, 0) is 6.42 Å². The zero-order valence-corrected chi connectivity index (χ0v) is 17.5. The van der Waals surface area contributed by atoms with E-state index in [0.29, 0.717) is 11.3 Å². The first-order valence-corrected chi connectivity index (χ1v) is 9.99. The minimum atomic E-state index is -0.176. The van der Waals surface area contributed by atoms with Crippen molar-refractivity contribution in [3.63, 3.8) is 0 Å². The van der Waals surface area contributed by atoms with Gasteiger partial charge in [0.05, 0.1) is 12.7 Å². The number of benzene rings is 2. The van der Waals surface area contributed by atoms with Crippen molar-refractivity contribution in [1.29, 1.82) is 0 Å². The zero-order valence-electron chi connectivity index (χ0n) is 15.9. The molecule has 0 aliphatic carbocycles. The number of rotatable bonds is 6. The third-order valence-electron chi connectivity index (χ3n) is 4.93. The number of amides is 1. The van der Waals surface area contributed by atoms with Crippen LogP contribution in [0.2, 0.25) is 0 Å². The summed E-state index contributed by atoms with van der Waals surface area (Å²) in [5.41, 5.74) is 2.58. The van der Waals surface area contributed by atoms with E-state index in [4.69, 9.17) is 4.74 Å². The standard InChI is InChI=1S/C21H26BrN3O2/c1-24-11-13-25(14-12-24)10-9-16-3-6-18(7-4-16)23-21(26)19-8-5-17(22)15-20(19)27-2/h3-8,15H,9-14H2,1-2H3,(H,23,26). The number of halogens is 1. The predicted octanol–water partition coefficient (Wildman–Crippen LogP) is 3.50. The van der Waals surface area contributed by atoms with Gasteiger partial charge < -0.3 is 19.9 Å². The molecule has 5 nitrogen and oxygen atoms in total. The summed E-state index contributed by atoms with van der Waals surface area (Å²) < 4.78 is 6.18. The van der Waals surface area contributed by atoms with Crippen LogP contribution >= 0.6 is 15.9 Å². The number of nitrogens with one attached hydrogen (secondary N) is 1. The van der Waals surface area contributed by atoms with E-state index in [-0.39, 0.29) is 5.91 Å². The van der Waals surface area contributed by atoms with Gasteiger partial charge in [-0.1, -0.05) is 28.1 Å². The summed E-state index contributed by atoms with van der Waals surface area (Å²) in [6.07, 6.45) is 1.03. The molecule has 1 heterocycles. The van der Waals surface area contributed by atoms with E-state index >= 15 is 0 Å². The van der Waals surface area contributed by atoms with Gasteiger partial charge in [0.2, 0.25) is 0 Å². The van der Waals surface area contributed by atoms with E-state index < -0.39 is 0 Å². The molecule has 6 heteroatoms. The summed E-state index contributed by atoms with van der Waals surface area (Å²) in [6.45, 7) is 5.64. The van der Waals surface area contributed by atoms with Gasteiger partial charge in [0, 0.05) is 42.9 Å². The van der Waals surface area contributed by atoms with E-state index in [2.05, 4.69) is 50.2 Å². The maximum absolute atomic E-state index is 12.5. The summed E-state index contributed by atoms with van der Waals surface area (Å²) >= 11 is 3.39. The topological polar surface area (TPSA) is 44.8 Å². The van der Waals surface area contributed by atoms with Gasteiger partial charge in [0.15, 0.2) is 0 Å². The molecule has 144 valence electrons. The highest BCUT2D eigenvalue weighted by Gasteiger charge is 2.14. The first-order chi connectivity index (χ1) is 13.0. The van der Waals surface area contributed by atoms with Gasteiger partial charge in [-0.2, -0.15) is 0 Å². The Bertz CT molecular complexity index is 771. The third kappa shape index (κ3) is 5.54. The second-order valence-corrected chi connectivity index (χ2v) is 7.81. The van der Waals surface area contributed by atoms with Crippen molar-refractivity contribution in [2.75, 3.05) is 52.2 Å². The van der Waals surface area contributed by atoms with Crippen LogP contribution < -0.4 is 10.1 Å². The van der Waals surface area contributed by atoms with Gasteiger partial charge >= 0.3 is 0 Å². The molecular weight excluding hydrogens is 406 g/mol. The molecule has 0 aromatic heterocycles. The van der Waals surface area contributed by atoms with Crippen LogP contribution in [0.1, 0.15) is 15.9 Å². The number of hydrogen-bond donors (Lipinski definition) is 1. The number of likely N-dealkylation sites (N-methyl/N-ethyl adjacent to an activating group) is 1. The van der Waals surface area contributed by atoms with Crippen molar-refractivity contribution in [3.8, 4) is 5.75 Å². The Morgan fingerprint density at radius 2 is 1.81 bits per heavy atom. The number of anilines is 1. The highest BCUT2D eigenvalue weighted by molar-refractivity contribution is 9.10. The van der Waals surface area contributed by atoms with Gasteiger partial charge in [-0.25, -0.2) is 0 Å². The Balaban J connectivity index is 1.55. The van der Waals surface area contributed by atoms with Crippen LogP contribution in [0, 0.1) is 0 Å². The van der Waals surface area contributed by atoms with Gasteiger partial charge in [-0.15, -0.1) is 0 Å². The van der Waals surface area contributed by atoms with Gasteiger partial charge in [-0.3, -0.25) is 4.79 Å². The second kappa shape index (κ2) is 9.35. The number of piperazine rings is 1. The van der Waals surface area contributed by atoms with Crippen LogP contribution in [0.5, 0.6) is 5.75 Å². The molecule has 0 spiro atoms. The molecule has 2 aromatic carbocycles. The zero-order chi connectivity index (χ0) is 19.2. The number of nitrogens with zero attached hydrogens (tertiary/aromatic N) is 2. The van der Waals surface area contributed by atoms with E-state index in [0.717, 1.165) is 49.3 Å². The number of methoxy groups -OCH3 is 1. The maximum Gasteiger partial charge on any atom is 0.259 e. The minimum absolute atomic E-state index is 0.176. The van der Waals surface area contributed by atoms with E-state index in [1.165, 1.54) is 5.56 Å². The quantitative estimate of drug-likeness (QED) is 0.759. The molecule has 0 saturated carbocycles. The molecule has 27 heavy (non-hydrogen) atoms. The Kier molecular flexibility index (Phi) is 6.88. The fourth-order valence-electron chi connectivity index (χ4n) is 3.16. The van der Waals surface area contributed by atoms with Crippen LogP contribution in [-0.4, -0.2) is 62.6 Å². The van der Waals surface area contributed by atoms with Gasteiger partial charge in [0.1, 0.15) is 5.75 Å². The Morgan fingerprint density at radius 3 is 2.48 bits per heavy atom. The highest BCUT2D eigenvalue weighted by Crippen LogP contribution is 2.24. The van der Waals surface area contributed by atoms with Crippen molar-refractivity contribution in [2.45, 2.75) is 6.42 Å². The van der Waals surface area contributed by atoms with E-state index in [1.807, 2.05) is 18.2 Å². The van der Waals surface area contributed by atoms with Gasteiger partial charge in [0.25, 0.3) is 5.91 Å². The fraction of sp³-hybridized carbons (Fsp3) is 0.381. The molecular formula is C21H26BrN3O2. The lowest BCUT2D eigenvalue weighted by molar-refractivity contribution is 0.102. The molecule has 3 rings (SSSR count). The Morgan fingerprint density at radius 1 is 1.11 bits per heavy atom. The smallest absolute Gasteiger partial charge is 0.259 e. The number of hydrogen-bond acceptors (Lipinski definition) is 4. The average Bonchev–Trinajstić information content (AvgIpc) is 2.68. The summed E-state index contributed by atoms with van der Waals surface area (Å²) in [5.74, 6) is 0.371. The van der Waals surface area contributed by atoms with Crippen molar-refractivity contribution in [3.05, 3.63) is 58.1 Å². The minimum Gasteiger partial charge on any atom is -0.496 e. The van der Waals surface area contributed by atoms with Crippen LogP contribution in [0.4, 0.5) is 5.69 Å². The SMILES string of the molecule is COc1cc(Br)ccc1C(=O)Nc1ccc(CCN2CCN(C)CC2)cc1. The molecule has 1 fully saturated rings. The van der Waals surface area contributed by atoms with Crippen LogP contribution in [0.15, 0.2) is 46.9 Å². The molecule has 2 aromatic rings. The molecule has 0 unspecified atom stereocenters. The third-order valence-corrected chi connectivity index (χ3v) is 5.43. The second-order valence-electron chi connectivity index (χ2n) is 6.89. The molecule has 0 atom stereocenters. The van der Waals surface area contributed by atoms with Crippen molar-refractivity contribution < 1.29 is 9.53 Å². The maximum atomic E-state index is 12.5. The molecule has 1 aliphatic heterocycles. The van der Waals surface area contributed by atoms with E-state index in [9.17, 15) is 4.79 Å². The molecule has 1 aliphatic rings. The summed E-state index contributed by atoms with van der Waals surface area (Å²) in [5, 5.41) is 2.94. The van der Waals surface area contributed by atoms with Crippen molar-refractivity contribution >= 4 is 27.5 Å². The summed E-state index contributed by atoms with van der Waals surface area (Å²) in [4.78, 5) is 17.4. The van der Waals surface area contributed by atoms with Crippen LogP contribution in [0.3, 0.4) is 0 Å². The Hall–Kier alpha value is -1.89. The lowest BCUT2D eigenvalue weighted by Crippen LogP contribution is -2.45. The monoisotopic (exact) mass is 431 g/mol. The normalized spacial score (nSPS) is 15.5. The number of carbonyl (C=O) groups excluding carboxylic acids is 1. The summed E-state index contributed by atoms with van der Waals surface area (Å²) in [6, 6.07) is 13.5. The molecule has 0 bridgehead atoms. The lowest BCUT2D eigenvalue weighted by atomic mass is 10.1. The summed E-state index contributed by atoms with van der Waals surface area (Å²) in [7, 11) is 3.74. The van der Waals surface area contributed by atoms with Gasteiger partial charge in [-0.05, 0) is 49.4 Å². The van der Waals surface area contributed by atoms with Crippen molar-refractivity contribution in [2.24, 2.45) is 0 Å². The van der Waals surface area contributed by atoms with Crippen LogP contribution in [0.25, 0.3) is 0 Å². The lowest BCUT2D eigenvalue weighted by Gasteiger charge is -2.32. The Labute approximate surface area is 169 Å². The molecule has 1 amide bonds. The molecule has 0 radical (unpaired) electrons. The van der Waals surface area contributed by atoms with E-state index in [1.54, 1.807) is 19.2 Å². The number of ether oxygens (including phenoxy) is 1. The highest BCUT2D eigenvalue weighted by atomic mass is 79.9. The molecule has 1 N–H and O–H groups in total. The first-order valence-electron chi connectivity index (χ1n) is 9.20. The molecule has 1 saturated heterocycles. The number of carbonyl (C=O) groups is 1. The van der Waals surface area contributed by atoms with Crippen molar-refractivity contribution in [1.82, 2.24) is 9.80 Å². The average molecular weight is 432 g/mol.